The number of carbonyl (C=O) groups is 2. The molecule has 0 radical (unpaired) electrons. The molecule has 0 saturated carbocycles. The Kier molecular flexibility index (Phi) is 7.93. The molecule has 0 unspecified atom stereocenters. The van der Waals surface area contributed by atoms with Gasteiger partial charge >= 0.3 is 5.97 Å². The predicted octanol–water partition coefficient (Wildman–Crippen LogP) is 2.73. The minimum atomic E-state index is -3.65. The van der Waals surface area contributed by atoms with Crippen LogP contribution in [-0.4, -0.2) is 65.5 Å². The predicted molar refractivity (Wildman–Crippen MR) is 125 cm³/mol. The van der Waals surface area contributed by atoms with Crippen molar-refractivity contribution in [2.75, 3.05) is 51.1 Å². The number of ether oxygens (including phenoxy) is 2. The summed E-state index contributed by atoms with van der Waals surface area (Å²) in [5, 5.41) is 2.82. The highest BCUT2D eigenvalue weighted by atomic mass is 32.2. The van der Waals surface area contributed by atoms with Gasteiger partial charge in [-0.3, -0.25) is 4.79 Å². The van der Waals surface area contributed by atoms with Gasteiger partial charge in [-0.1, -0.05) is 12.5 Å². The van der Waals surface area contributed by atoms with Gasteiger partial charge in [0.2, 0.25) is 10.0 Å². The molecule has 10 heteroatoms. The highest BCUT2D eigenvalue weighted by Crippen LogP contribution is 2.30. The summed E-state index contributed by atoms with van der Waals surface area (Å²) < 4.78 is 37.6. The summed E-state index contributed by atoms with van der Waals surface area (Å²) in [7, 11) is 1.23. The molecule has 3 rings (SSSR count). The van der Waals surface area contributed by atoms with E-state index in [1.807, 2.05) is 14.1 Å². The van der Waals surface area contributed by atoms with Crippen molar-refractivity contribution in [1.29, 1.82) is 0 Å². The molecule has 1 fully saturated rings. The number of sulfonamides is 1. The second-order valence-corrected chi connectivity index (χ2v) is 9.82. The molecule has 1 heterocycles. The summed E-state index contributed by atoms with van der Waals surface area (Å²) >= 11 is 0. The van der Waals surface area contributed by atoms with E-state index in [0.717, 1.165) is 19.3 Å². The molecular formula is C23H29N3O6S. The first-order chi connectivity index (χ1) is 15.7. The third-order valence-electron chi connectivity index (χ3n) is 5.33. The fourth-order valence-corrected chi connectivity index (χ4v) is 5.09. The smallest absolute Gasteiger partial charge is 0.343 e. The molecule has 33 heavy (non-hydrogen) atoms. The van der Waals surface area contributed by atoms with Crippen LogP contribution in [0.15, 0.2) is 47.4 Å². The molecule has 1 saturated heterocycles. The summed E-state index contributed by atoms with van der Waals surface area (Å²) in [6.45, 7) is 0.721. The summed E-state index contributed by atoms with van der Waals surface area (Å²) in [4.78, 5) is 26.2. The zero-order valence-electron chi connectivity index (χ0n) is 19.0. The van der Waals surface area contributed by atoms with Gasteiger partial charge in [-0.2, -0.15) is 4.31 Å². The van der Waals surface area contributed by atoms with E-state index in [2.05, 4.69) is 10.1 Å². The van der Waals surface area contributed by atoms with Gasteiger partial charge in [0.15, 0.2) is 6.61 Å². The third-order valence-corrected chi connectivity index (χ3v) is 7.23. The number of methoxy groups -OCH3 is 1. The maximum Gasteiger partial charge on any atom is 0.343 e. The topological polar surface area (TPSA) is 105 Å². The average molecular weight is 476 g/mol. The van der Waals surface area contributed by atoms with E-state index in [4.69, 9.17) is 4.74 Å². The van der Waals surface area contributed by atoms with E-state index in [0.29, 0.717) is 35.8 Å². The molecule has 0 aliphatic carbocycles. The van der Waals surface area contributed by atoms with E-state index >= 15 is 0 Å². The molecule has 0 bridgehead atoms. The Hall–Kier alpha value is -3.11. The van der Waals surface area contributed by atoms with E-state index in [1.54, 1.807) is 35.2 Å². The van der Waals surface area contributed by atoms with Crippen LogP contribution in [0.25, 0.3) is 0 Å². The van der Waals surface area contributed by atoms with Gasteiger partial charge in [0.05, 0.1) is 23.4 Å². The van der Waals surface area contributed by atoms with Crippen LogP contribution in [0.1, 0.15) is 29.6 Å². The number of hydrogen-bond donors (Lipinski definition) is 1. The Morgan fingerprint density at radius 2 is 1.79 bits per heavy atom. The Bertz CT molecular complexity index is 1110. The SMILES string of the molecule is COC(=O)COc1cccc(C(=O)Nc2cc(S(=O)(=O)N3CCCCC3)ccc2N(C)C)c1. The van der Waals surface area contributed by atoms with Crippen molar-refractivity contribution in [3.8, 4) is 5.75 Å². The lowest BCUT2D eigenvalue weighted by Gasteiger charge is -2.26. The van der Waals surface area contributed by atoms with Crippen LogP contribution in [0, 0.1) is 0 Å². The van der Waals surface area contributed by atoms with Gasteiger partial charge < -0.3 is 19.7 Å². The third kappa shape index (κ3) is 6.02. The number of amides is 1. The number of anilines is 2. The molecule has 9 nitrogen and oxygen atoms in total. The monoisotopic (exact) mass is 475 g/mol. The van der Waals surface area contributed by atoms with Gasteiger partial charge in [-0.25, -0.2) is 13.2 Å². The number of hydrogen-bond acceptors (Lipinski definition) is 7. The number of benzene rings is 2. The molecule has 2 aromatic rings. The molecule has 0 aromatic heterocycles. The maximum atomic E-state index is 13.1. The first kappa shape index (κ1) is 24.5. The zero-order valence-corrected chi connectivity index (χ0v) is 19.9. The van der Waals surface area contributed by atoms with Crippen LogP contribution >= 0.6 is 0 Å². The van der Waals surface area contributed by atoms with Crippen LogP contribution in [-0.2, 0) is 19.6 Å². The number of nitrogens with one attached hydrogen (secondary N) is 1. The van der Waals surface area contributed by atoms with Gasteiger partial charge in [0.25, 0.3) is 5.91 Å². The minimum Gasteiger partial charge on any atom is -0.482 e. The largest absolute Gasteiger partial charge is 0.482 e. The second-order valence-electron chi connectivity index (χ2n) is 7.88. The molecule has 0 spiro atoms. The number of esters is 1. The maximum absolute atomic E-state index is 13.1. The molecule has 0 atom stereocenters. The fraction of sp³-hybridized carbons (Fsp3) is 0.391. The van der Waals surface area contributed by atoms with Crippen molar-refractivity contribution in [1.82, 2.24) is 4.31 Å². The Morgan fingerprint density at radius 3 is 2.45 bits per heavy atom. The number of piperidine rings is 1. The molecule has 1 aliphatic heterocycles. The minimum absolute atomic E-state index is 0.139. The lowest BCUT2D eigenvalue weighted by Crippen LogP contribution is -2.35. The van der Waals surface area contributed by atoms with Crippen molar-refractivity contribution in [2.45, 2.75) is 24.2 Å². The van der Waals surface area contributed by atoms with Gasteiger partial charge in [-0.05, 0) is 49.2 Å². The second kappa shape index (κ2) is 10.7. The quantitative estimate of drug-likeness (QED) is 0.585. The van der Waals surface area contributed by atoms with Gasteiger partial charge in [0, 0.05) is 32.7 Å². The van der Waals surface area contributed by atoms with Crippen molar-refractivity contribution >= 4 is 33.3 Å². The molecule has 1 N–H and O–H groups in total. The molecule has 178 valence electrons. The van der Waals surface area contributed by atoms with Crippen LogP contribution in [0.2, 0.25) is 0 Å². The van der Waals surface area contributed by atoms with Crippen molar-refractivity contribution in [3.05, 3.63) is 48.0 Å². The number of carbonyl (C=O) groups excluding carboxylic acids is 2. The lowest BCUT2D eigenvalue weighted by atomic mass is 10.2. The fourth-order valence-electron chi connectivity index (χ4n) is 3.54. The average Bonchev–Trinajstić information content (AvgIpc) is 2.83. The van der Waals surface area contributed by atoms with Gasteiger partial charge in [-0.15, -0.1) is 0 Å². The molecule has 1 aliphatic rings. The summed E-state index contributed by atoms with van der Waals surface area (Å²) in [5.41, 5.74) is 1.34. The van der Waals surface area contributed by atoms with Crippen molar-refractivity contribution in [3.63, 3.8) is 0 Å². The summed E-state index contributed by atoms with van der Waals surface area (Å²) in [5.74, 6) is -0.636. The highest BCUT2D eigenvalue weighted by molar-refractivity contribution is 7.89. The van der Waals surface area contributed by atoms with Crippen LogP contribution in [0.5, 0.6) is 5.75 Å². The van der Waals surface area contributed by atoms with Crippen molar-refractivity contribution < 1.29 is 27.5 Å². The van der Waals surface area contributed by atoms with E-state index < -0.39 is 21.9 Å². The van der Waals surface area contributed by atoms with E-state index in [9.17, 15) is 18.0 Å². The lowest BCUT2D eigenvalue weighted by molar-refractivity contribution is -0.142. The zero-order chi connectivity index (χ0) is 24.0. The van der Waals surface area contributed by atoms with Crippen LogP contribution in [0.4, 0.5) is 11.4 Å². The molecule has 1 amide bonds. The molecular weight excluding hydrogens is 446 g/mol. The first-order valence-electron chi connectivity index (χ1n) is 10.6. The van der Waals surface area contributed by atoms with Crippen molar-refractivity contribution in [2.24, 2.45) is 0 Å². The van der Waals surface area contributed by atoms with Gasteiger partial charge in [0.1, 0.15) is 5.75 Å². The summed E-state index contributed by atoms with van der Waals surface area (Å²) in [6, 6.07) is 11.1. The van der Waals surface area contributed by atoms with Crippen LogP contribution < -0.4 is 15.0 Å². The standard InChI is InChI=1S/C23H29N3O6S/c1-25(2)21-11-10-19(33(29,30)26-12-5-4-6-13-26)15-20(21)24-23(28)17-8-7-9-18(14-17)32-16-22(27)31-3/h7-11,14-15H,4-6,12-13,16H2,1-3H3,(H,24,28). The highest BCUT2D eigenvalue weighted by Gasteiger charge is 2.27. The van der Waals surface area contributed by atoms with Crippen LogP contribution in [0.3, 0.4) is 0 Å². The Labute approximate surface area is 194 Å². The summed E-state index contributed by atoms with van der Waals surface area (Å²) in [6.07, 6.45) is 2.70. The van der Waals surface area contributed by atoms with E-state index in [1.165, 1.54) is 23.5 Å². The first-order valence-corrected chi connectivity index (χ1v) is 12.1. The number of rotatable bonds is 8. The normalized spacial score (nSPS) is 14.4. The van der Waals surface area contributed by atoms with E-state index in [-0.39, 0.29) is 11.5 Å². The Balaban J connectivity index is 1.85. The number of nitrogens with zero attached hydrogens (tertiary/aromatic N) is 2. The molecule has 2 aromatic carbocycles. The Morgan fingerprint density at radius 1 is 1.06 bits per heavy atom.